The van der Waals surface area contributed by atoms with Crippen molar-refractivity contribution >= 4 is 17.5 Å². The standard InChI is InChI=1S/C21H24ClNO2/c1-15-14-23(20(25)12-16-5-3-7-18(22)11-16)10-9-21(15,2)17-6-4-8-19(24)13-17/h3-8,11,13,15,24H,9-10,12,14H2,1-2H3/t15-,21+/m0/s1. The van der Waals surface area contributed by atoms with Crippen LogP contribution in [0.4, 0.5) is 0 Å². The lowest BCUT2D eigenvalue weighted by atomic mass is 9.68. The Balaban J connectivity index is 1.70. The second-order valence-electron chi connectivity index (χ2n) is 7.27. The van der Waals surface area contributed by atoms with Gasteiger partial charge in [-0.2, -0.15) is 0 Å². The van der Waals surface area contributed by atoms with Gasteiger partial charge in [0.15, 0.2) is 0 Å². The maximum absolute atomic E-state index is 12.7. The molecule has 4 heteroatoms. The van der Waals surface area contributed by atoms with E-state index in [1.807, 2.05) is 41.3 Å². The summed E-state index contributed by atoms with van der Waals surface area (Å²) >= 11 is 6.01. The Morgan fingerprint density at radius 1 is 1.28 bits per heavy atom. The van der Waals surface area contributed by atoms with Crippen LogP contribution in [-0.2, 0) is 16.6 Å². The highest BCUT2D eigenvalue weighted by Crippen LogP contribution is 2.40. The molecule has 0 aromatic heterocycles. The van der Waals surface area contributed by atoms with E-state index in [-0.39, 0.29) is 11.3 Å². The van der Waals surface area contributed by atoms with Crippen molar-refractivity contribution in [3.63, 3.8) is 0 Å². The molecule has 0 spiro atoms. The fourth-order valence-electron chi connectivity index (χ4n) is 3.69. The van der Waals surface area contributed by atoms with Gasteiger partial charge >= 0.3 is 0 Å². The molecule has 3 nitrogen and oxygen atoms in total. The van der Waals surface area contributed by atoms with Gasteiger partial charge in [-0.1, -0.05) is 49.7 Å². The number of halogens is 1. The van der Waals surface area contributed by atoms with Gasteiger partial charge in [-0.05, 0) is 53.1 Å². The molecular formula is C21H24ClNO2. The number of amides is 1. The Labute approximate surface area is 154 Å². The maximum Gasteiger partial charge on any atom is 0.227 e. The van der Waals surface area contributed by atoms with Crippen molar-refractivity contribution in [1.29, 1.82) is 0 Å². The molecule has 1 saturated heterocycles. The van der Waals surface area contributed by atoms with Crippen LogP contribution in [0.25, 0.3) is 0 Å². The van der Waals surface area contributed by atoms with Crippen LogP contribution in [0.15, 0.2) is 48.5 Å². The first-order chi connectivity index (χ1) is 11.9. The summed E-state index contributed by atoms with van der Waals surface area (Å²) in [6, 6.07) is 15.0. The lowest BCUT2D eigenvalue weighted by molar-refractivity contribution is -0.133. The Morgan fingerprint density at radius 2 is 2.04 bits per heavy atom. The second-order valence-corrected chi connectivity index (χ2v) is 7.70. The molecule has 1 heterocycles. The van der Waals surface area contributed by atoms with E-state index in [9.17, 15) is 9.90 Å². The quantitative estimate of drug-likeness (QED) is 0.883. The zero-order valence-corrected chi connectivity index (χ0v) is 15.5. The van der Waals surface area contributed by atoms with Crippen LogP contribution in [0.3, 0.4) is 0 Å². The topological polar surface area (TPSA) is 40.5 Å². The number of likely N-dealkylation sites (tertiary alicyclic amines) is 1. The van der Waals surface area contributed by atoms with E-state index in [1.54, 1.807) is 6.07 Å². The highest BCUT2D eigenvalue weighted by atomic mass is 35.5. The minimum absolute atomic E-state index is 0.0361. The largest absolute Gasteiger partial charge is 0.508 e. The maximum atomic E-state index is 12.7. The molecule has 25 heavy (non-hydrogen) atoms. The lowest BCUT2D eigenvalue weighted by Gasteiger charge is -2.45. The summed E-state index contributed by atoms with van der Waals surface area (Å²) in [5.74, 6) is 0.754. The van der Waals surface area contributed by atoms with Crippen molar-refractivity contribution in [2.45, 2.75) is 32.1 Å². The third-order valence-electron chi connectivity index (χ3n) is 5.59. The number of phenolic OH excluding ortho intramolecular Hbond substituents is 1. The molecule has 2 aromatic rings. The van der Waals surface area contributed by atoms with Gasteiger partial charge in [-0.25, -0.2) is 0 Å². The number of hydrogen-bond acceptors (Lipinski definition) is 2. The average molecular weight is 358 g/mol. The van der Waals surface area contributed by atoms with Gasteiger partial charge < -0.3 is 10.0 Å². The van der Waals surface area contributed by atoms with E-state index in [0.29, 0.717) is 23.1 Å². The minimum atomic E-state index is -0.0361. The van der Waals surface area contributed by atoms with Crippen molar-refractivity contribution in [3.8, 4) is 5.75 Å². The molecule has 1 fully saturated rings. The summed E-state index contributed by atoms with van der Waals surface area (Å²) < 4.78 is 0. The molecule has 1 aliphatic rings. The molecule has 1 amide bonds. The average Bonchev–Trinajstić information content (AvgIpc) is 2.57. The third-order valence-corrected chi connectivity index (χ3v) is 5.82. The summed E-state index contributed by atoms with van der Waals surface area (Å²) in [4.78, 5) is 14.6. The second kappa shape index (κ2) is 7.09. The van der Waals surface area contributed by atoms with E-state index in [4.69, 9.17) is 11.6 Å². The molecule has 132 valence electrons. The predicted octanol–water partition coefficient (Wildman–Crippen LogP) is 4.41. The molecule has 0 saturated carbocycles. The number of carbonyl (C=O) groups excluding carboxylic acids is 1. The van der Waals surface area contributed by atoms with Crippen LogP contribution in [0.1, 0.15) is 31.4 Å². The molecule has 0 aliphatic carbocycles. The first-order valence-corrected chi connectivity index (χ1v) is 9.08. The molecule has 0 bridgehead atoms. The summed E-state index contributed by atoms with van der Waals surface area (Å²) in [7, 11) is 0. The number of phenols is 1. The number of hydrogen-bond donors (Lipinski definition) is 1. The van der Waals surface area contributed by atoms with Gasteiger partial charge in [0.1, 0.15) is 5.75 Å². The van der Waals surface area contributed by atoms with Crippen molar-refractivity contribution in [1.82, 2.24) is 4.90 Å². The highest BCUT2D eigenvalue weighted by Gasteiger charge is 2.39. The fourth-order valence-corrected chi connectivity index (χ4v) is 3.90. The number of piperidine rings is 1. The Bertz CT molecular complexity index is 776. The minimum Gasteiger partial charge on any atom is -0.508 e. The first-order valence-electron chi connectivity index (χ1n) is 8.70. The van der Waals surface area contributed by atoms with Crippen molar-refractivity contribution in [2.75, 3.05) is 13.1 Å². The van der Waals surface area contributed by atoms with Crippen LogP contribution < -0.4 is 0 Å². The predicted molar refractivity (Wildman–Crippen MR) is 101 cm³/mol. The van der Waals surface area contributed by atoms with Gasteiger partial charge in [0, 0.05) is 18.1 Å². The van der Waals surface area contributed by atoms with Gasteiger partial charge in [0.25, 0.3) is 0 Å². The fraction of sp³-hybridized carbons (Fsp3) is 0.381. The van der Waals surface area contributed by atoms with Crippen LogP contribution in [0, 0.1) is 5.92 Å². The molecular weight excluding hydrogens is 334 g/mol. The third kappa shape index (κ3) is 3.82. The Hall–Kier alpha value is -2.00. The zero-order chi connectivity index (χ0) is 18.0. The highest BCUT2D eigenvalue weighted by molar-refractivity contribution is 6.30. The molecule has 1 N–H and O–H groups in total. The molecule has 2 aromatic carbocycles. The number of benzene rings is 2. The summed E-state index contributed by atoms with van der Waals surface area (Å²) in [5, 5.41) is 10.5. The summed E-state index contributed by atoms with van der Waals surface area (Å²) in [6.45, 7) is 5.87. The van der Waals surface area contributed by atoms with E-state index >= 15 is 0 Å². The monoisotopic (exact) mass is 357 g/mol. The smallest absolute Gasteiger partial charge is 0.227 e. The first kappa shape index (κ1) is 17.8. The SMILES string of the molecule is C[C@H]1CN(C(=O)Cc2cccc(Cl)c2)CC[C@@]1(C)c1cccc(O)c1. The van der Waals surface area contributed by atoms with Crippen LogP contribution in [0.5, 0.6) is 5.75 Å². The zero-order valence-electron chi connectivity index (χ0n) is 14.7. The normalized spacial score (nSPS) is 23.5. The molecule has 3 rings (SSSR count). The van der Waals surface area contributed by atoms with E-state index in [0.717, 1.165) is 30.6 Å². The van der Waals surface area contributed by atoms with Gasteiger partial charge in [-0.15, -0.1) is 0 Å². The molecule has 0 radical (unpaired) electrons. The van der Waals surface area contributed by atoms with Gasteiger partial charge in [0.05, 0.1) is 6.42 Å². The summed E-state index contributed by atoms with van der Waals surface area (Å²) in [6.07, 6.45) is 1.27. The number of nitrogens with zero attached hydrogens (tertiary/aromatic N) is 1. The summed E-state index contributed by atoms with van der Waals surface area (Å²) in [5.41, 5.74) is 2.05. The number of carbonyl (C=O) groups is 1. The van der Waals surface area contributed by atoms with Crippen LogP contribution in [-0.4, -0.2) is 29.0 Å². The molecule has 0 unspecified atom stereocenters. The molecule has 1 aliphatic heterocycles. The van der Waals surface area contributed by atoms with E-state index < -0.39 is 0 Å². The van der Waals surface area contributed by atoms with Gasteiger partial charge in [-0.3, -0.25) is 4.79 Å². The van der Waals surface area contributed by atoms with Crippen molar-refractivity contribution in [2.24, 2.45) is 5.92 Å². The molecule has 2 atom stereocenters. The lowest BCUT2D eigenvalue weighted by Crippen LogP contribution is -2.49. The van der Waals surface area contributed by atoms with Crippen LogP contribution in [0.2, 0.25) is 5.02 Å². The van der Waals surface area contributed by atoms with Crippen molar-refractivity contribution < 1.29 is 9.90 Å². The van der Waals surface area contributed by atoms with Gasteiger partial charge in [0.2, 0.25) is 5.91 Å². The van der Waals surface area contributed by atoms with Crippen molar-refractivity contribution in [3.05, 3.63) is 64.7 Å². The Kier molecular flexibility index (Phi) is 5.05. The van der Waals surface area contributed by atoms with Crippen LogP contribution >= 0.6 is 11.6 Å². The number of rotatable bonds is 3. The number of aromatic hydroxyl groups is 1. The Morgan fingerprint density at radius 3 is 2.72 bits per heavy atom. The van der Waals surface area contributed by atoms with E-state index in [1.165, 1.54) is 0 Å². The van der Waals surface area contributed by atoms with E-state index in [2.05, 4.69) is 19.9 Å².